The maximum atomic E-state index is 12.2. The minimum absolute atomic E-state index is 0.108. The molecule has 0 spiro atoms. The van der Waals surface area contributed by atoms with E-state index in [2.05, 4.69) is 38.7 Å². The Bertz CT molecular complexity index is 1460. The van der Waals surface area contributed by atoms with Crippen molar-refractivity contribution in [3.63, 3.8) is 0 Å². The standard InChI is InChI=1S/C31H33N5O2/c1-32-30(37)24-5-2-4-23(18-24)28-7-3-6-25-20-33-31(35-29(25)28)34-26-9-8-21-10-14-36(15-11-22(21)19-26)27-12-16-38-17-13-27/h2-9,18-20,27H,10-17H2,1H3,(H,32,37)(H,33,34,35). The lowest BCUT2D eigenvalue weighted by Crippen LogP contribution is -2.40. The molecule has 194 valence electrons. The quantitative estimate of drug-likeness (QED) is 0.397. The van der Waals surface area contributed by atoms with Crippen molar-refractivity contribution in [3.05, 3.63) is 83.6 Å². The number of anilines is 2. The van der Waals surface area contributed by atoms with Gasteiger partial charge in [0.25, 0.3) is 5.91 Å². The molecular weight excluding hydrogens is 474 g/mol. The van der Waals surface area contributed by atoms with E-state index in [1.807, 2.05) is 48.7 Å². The molecule has 1 aromatic heterocycles. The Labute approximate surface area is 223 Å². The van der Waals surface area contributed by atoms with Crippen molar-refractivity contribution in [1.29, 1.82) is 0 Å². The minimum atomic E-state index is -0.108. The first-order valence-corrected chi connectivity index (χ1v) is 13.5. The van der Waals surface area contributed by atoms with Gasteiger partial charge in [0.2, 0.25) is 5.95 Å². The van der Waals surface area contributed by atoms with E-state index < -0.39 is 0 Å². The van der Waals surface area contributed by atoms with Crippen LogP contribution in [0.3, 0.4) is 0 Å². The smallest absolute Gasteiger partial charge is 0.251 e. The fourth-order valence-corrected chi connectivity index (χ4v) is 5.69. The Hall–Kier alpha value is -3.81. The molecule has 3 aromatic carbocycles. The minimum Gasteiger partial charge on any atom is -0.381 e. The number of ether oxygens (including phenoxy) is 1. The van der Waals surface area contributed by atoms with Crippen LogP contribution in [0.5, 0.6) is 0 Å². The predicted molar refractivity (Wildman–Crippen MR) is 151 cm³/mol. The second kappa shape index (κ2) is 10.9. The van der Waals surface area contributed by atoms with E-state index >= 15 is 0 Å². The summed E-state index contributed by atoms with van der Waals surface area (Å²) in [6.07, 6.45) is 6.26. The molecule has 0 atom stereocenters. The van der Waals surface area contributed by atoms with Crippen LogP contribution in [0.25, 0.3) is 22.0 Å². The highest BCUT2D eigenvalue weighted by Crippen LogP contribution is 2.30. The lowest BCUT2D eigenvalue weighted by atomic mass is 10.0. The lowest BCUT2D eigenvalue weighted by molar-refractivity contribution is 0.0355. The van der Waals surface area contributed by atoms with Gasteiger partial charge < -0.3 is 15.4 Å². The summed E-state index contributed by atoms with van der Waals surface area (Å²) in [4.78, 5) is 24.3. The Morgan fingerprint density at radius 1 is 0.974 bits per heavy atom. The third kappa shape index (κ3) is 5.12. The van der Waals surface area contributed by atoms with E-state index in [-0.39, 0.29) is 5.91 Å². The van der Waals surface area contributed by atoms with Crippen molar-refractivity contribution in [2.24, 2.45) is 0 Å². The summed E-state index contributed by atoms with van der Waals surface area (Å²) in [6, 6.07) is 21.0. The summed E-state index contributed by atoms with van der Waals surface area (Å²) in [6.45, 7) is 3.97. The zero-order valence-corrected chi connectivity index (χ0v) is 21.7. The first kappa shape index (κ1) is 24.5. The molecule has 7 heteroatoms. The molecule has 3 heterocycles. The van der Waals surface area contributed by atoms with Crippen LogP contribution < -0.4 is 10.6 Å². The van der Waals surface area contributed by atoms with E-state index in [0.717, 1.165) is 79.7 Å². The Morgan fingerprint density at radius 3 is 2.63 bits per heavy atom. The van der Waals surface area contributed by atoms with Gasteiger partial charge in [-0.1, -0.05) is 36.4 Å². The number of carbonyl (C=O) groups is 1. The van der Waals surface area contributed by atoms with Gasteiger partial charge in [0.05, 0.1) is 5.52 Å². The molecule has 1 saturated heterocycles. The second-order valence-electron chi connectivity index (χ2n) is 10.1. The number of aromatic nitrogens is 2. The number of nitrogens with zero attached hydrogens (tertiary/aromatic N) is 3. The van der Waals surface area contributed by atoms with Gasteiger partial charge in [0.1, 0.15) is 0 Å². The summed E-state index contributed by atoms with van der Waals surface area (Å²) in [5.41, 5.74) is 7.21. The van der Waals surface area contributed by atoms with E-state index in [1.54, 1.807) is 7.05 Å². The van der Waals surface area contributed by atoms with Crippen molar-refractivity contribution in [1.82, 2.24) is 20.2 Å². The van der Waals surface area contributed by atoms with Crippen LogP contribution in [0, 0.1) is 0 Å². The first-order valence-electron chi connectivity index (χ1n) is 13.5. The summed E-state index contributed by atoms with van der Waals surface area (Å²) in [7, 11) is 1.64. The molecule has 1 amide bonds. The average Bonchev–Trinajstić information content (AvgIpc) is 3.19. The highest BCUT2D eigenvalue weighted by atomic mass is 16.5. The predicted octanol–water partition coefficient (Wildman–Crippen LogP) is 4.98. The number of carbonyl (C=O) groups excluding carboxylic acids is 1. The summed E-state index contributed by atoms with van der Waals surface area (Å²) >= 11 is 0. The third-order valence-electron chi connectivity index (χ3n) is 7.78. The van der Waals surface area contributed by atoms with Gasteiger partial charge >= 0.3 is 0 Å². The summed E-state index contributed by atoms with van der Waals surface area (Å²) in [5.74, 6) is 0.452. The zero-order valence-electron chi connectivity index (χ0n) is 21.7. The molecule has 0 radical (unpaired) electrons. The first-order chi connectivity index (χ1) is 18.7. The fourth-order valence-electron chi connectivity index (χ4n) is 5.69. The summed E-state index contributed by atoms with van der Waals surface area (Å²) < 4.78 is 5.57. The number of nitrogens with one attached hydrogen (secondary N) is 2. The number of hydrogen-bond acceptors (Lipinski definition) is 6. The fraction of sp³-hybridized carbons (Fsp3) is 0.323. The molecule has 4 aromatic rings. The van der Waals surface area contributed by atoms with E-state index in [0.29, 0.717) is 17.6 Å². The monoisotopic (exact) mass is 507 g/mol. The van der Waals surface area contributed by atoms with Crippen LogP contribution in [0.15, 0.2) is 66.9 Å². The van der Waals surface area contributed by atoms with E-state index in [9.17, 15) is 4.79 Å². The molecule has 38 heavy (non-hydrogen) atoms. The maximum absolute atomic E-state index is 12.2. The van der Waals surface area contributed by atoms with Gasteiger partial charge in [-0.05, 0) is 66.6 Å². The second-order valence-corrected chi connectivity index (χ2v) is 10.1. The molecular formula is C31H33N5O2. The number of rotatable bonds is 5. The molecule has 6 rings (SSSR count). The highest BCUT2D eigenvalue weighted by Gasteiger charge is 2.23. The van der Waals surface area contributed by atoms with Crippen molar-refractivity contribution in [2.75, 3.05) is 38.7 Å². The normalized spacial score (nSPS) is 16.6. The van der Waals surface area contributed by atoms with E-state index in [4.69, 9.17) is 9.72 Å². The SMILES string of the molecule is CNC(=O)c1cccc(-c2cccc3cnc(Nc4ccc5c(c4)CCN(C4CCOCC4)CC5)nc23)c1. The van der Waals surface area contributed by atoms with Crippen molar-refractivity contribution >= 4 is 28.4 Å². The topological polar surface area (TPSA) is 79.4 Å². The Morgan fingerprint density at radius 2 is 1.79 bits per heavy atom. The van der Waals surface area contributed by atoms with Crippen molar-refractivity contribution < 1.29 is 9.53 Å². The van der Waals surface area contributed by atoms with Crippen LogP contribution in [0.4, 0.5) is 11.6 Å². The van der Waals surface area contributed by atoms with Crippen LogP contribution in [0.1, 0.15) is 34.3 Å². The zero-order chi connectivity index (χ0) is 25.9. The maximum Gasteiger partial charge on any atom is 0.251 e. The number of hydrogen-bond donors (Lipinski definition) is 2. The number of amides is 1. The molecule has 2 aliphatic heterocycles. The molecule has 2 aliphatic rings. The molecule has 7 nitrogen and oxygen atoms in total. The van der Waals surface area contributed by atoms with Gasteiger partial charge in [0.15, 0.2) is 0 Å². The number of fused-ring (bicyclic) bond motifs is 2. The van der Waals surface area contributed by atoms with Crippen molar-refractivity contribution in [3.8, 4) is 11.1 Å². The van der Waals surface area contributed by atoms with Gasteiger partial charge in [-0.15, -0.1) is 0 Å². The van der Waals surface area contributed by atoms with Crippen LogP contribution in [-0.2, 0) is 17.6 Å². The highest BCUT2D eigenvalue weighted by molar-refractivity contribution is 5.98. The Kier molecular flexibility index (Phi) is 7.03. The largest absolute Gasteiger partial charge is 0.381 e. The van der Waals surface area contributed by atoms with Crippen LogP contribution >= 0.6 is 0 Å². The summed E-state index contributed by atoms with van der Waals surface area (Å²) in [5, 5.41) is 7.09. The number of benzene rings is 3. The van der Waals surface area contributed by atoms with Crippen LogP contribution in [0.2, 0.25) is 0 Å². The molecule has 0 bridgehead atoms. The van der Waals surface area contributed by atoms with Gasteiger partial charge in [-0.3, -0.25) is 9.69 Å². The molecule has 1 fully saturated rings. The van der Waals surface area contributed by atoms with Crippen molar-refractivity contribution in [2.45, 2.75) is 31.7 Å². The molecule has 2 N–H and O–H groups in total. The molecule has 0 unspecified atom stereocenters. The lowest BCUT2D eigenvalue weighted by Gasteiger charge is -2.33. The molecule has 0 aliphatic carbocycles. The van der Waals surface area contributed by atoms with E-state index in [1.165, 1.54) is 11.1 Å². The third-order valence-corrected chi connectivity index (χ3v) is 7.78. The van der Waals surface area contributed by atoms with Crippen LogP contribution in [-0.4, -0.2) is 60.2 Å². The van der Waals surface area contributed by atoms with Gasteiger partial charge in [-0.25, -0.2) is 9.97 Å². The number of para-hydroxylation sites is 1. The Balaban J connectivity index is 1.24. The van der Waals surface area contributed by atoms with Gasteiger partial charge in [-0.2, -0.15) is 0 Å². The average molecular weight is 508 g/mol. The van der Waals surface area contributed by atoms with Gasteiger partial charge in [0, 0.05) is 67.8 Å². The molecule has 0 saturated carbocycles.